The second kappa shape index (κ2) is 16.9. The number of pyridine rings is 2. The predicted octanol–water partition coefficient (Wildman–Crippen LogP) is 15.1. The normalized spacial score (nSPS) is 13.1. The van der Waals surface area contributed by atoms with E-state index in [1.807, 2.05) is 12.1 Å². The Morgan fingerprint density at radius 2 is 1.28 bits per heavy atom. The van der Waals surface area contributed by atoms with E-state index < -0.39 is 0 Å². The second-order valence-corrected chi connectivity index (χ2v) is 21.6. The first-order chi connectivity index (χ1) is 32.7. The van der Waals surface area contributed by atoms with Gasteiger partial charge in [-0.2, -0.15) is 0 Å². The molecule has 4 aromatic heterocycles. The molecule has 4 aliphatic rings. The van der Waals surface area contributed by atoms with Crippen molar-refractivity contribution in [3.05, 3.63) is 206 Å². The van der Waals surface area contributed by atoms with Crippen molar-refractivity contribution in [1.29, 1.82) is 0 Å². The molecule has 0 spiro atoms. The van der Waals surface area contributed by atoms with Gasteiger partial charge in [-0.25, -0.2) is 0 Å². The summed E-state index contributed by atoms with van der Waals surface area (Å²) in [4.78, 5) is 5.26. The summed E-state index contributed by atoms with van der Waals surface area (Å²) in [6, 6.07) is 55.7. The van der Waals surface area contributed by atoms with Gasteiger partial charge >= 0.3 is 261 Å². The first-order valence-electron chi connectivity index (χ1n) is 23.9. The van der Waals surface area contributed by atoms with Crippen LogP contribution in [0.5, 0.6) is 11.5 Å². The van der Waals surface area contributed by atoms with Crippen LogP contribution in [0.3, 0.4) is 0 Å². The van der Waals surface area contributed by atoms with E-state index in [4.69, 9.17) is 9.72 Å². The summed E-state index contributed by atoms with van der Waals surface area (Å²) < 4.78 is 14.8. The Hall–Kier alpha value is -6.55. The fourth-order valence-electron chi connectivity index (χ4n) is 10.2. The zero-order chi connectivity index (χ0) is 47.1. The first-order valence-corrected chi connectivity index (χ1v) is 25.0. The number of rotatable bonds is 6. The topological polar surface area (TPSA) is 36.4 Å². The Bertz CT molecular complexity index is 3650. The summed E-state index contributed by atoms with van der Waals surface area (Å²) in [6.45, 7) is 18.2. The Kier molecular flexibility index (Phi) is 10.9. The fourth-order valence-corrected chi connectivity index (χ4v) is 11.2. The van der Waals surface area contributed by atoms with Gasteiger partial charge in [0.05, 0.1) is 0 Å². The molecule has 14 rings (SSSR count). The average Bonchev–Trinajstić information content (AvgIpc) is 3.85. The van der Waals surface area contributed by atoms with E-state index in [9.17, 15) is 0 Å². The maximum absolute atomic E-state index is 6.76. The van der Waals surface area contributed by atoms with Gasteiger partial charge in [-0.15, -0.1) is 0 Å². The van der Waals surface area contributed by atoms with Crippen molar-refractivity contribution in [1.82, 2.24) is 18.5 Å². The molecule has 0 saturated heterocycles. The Balaban J connectivity index is 0.999. The molecule has 6 aromatic carbocycles. The van der Waals surface area contributed by atoms with Crippen LogP contribution in [-0.4, -0.2) is 18.5 Å². The van der Waals surface area contributed by atoms with E-state index in [1.165, 1.54) is 61.3 Å². The molecule has 0 amide bonds. The van der Waals surface area contributed by atoms with Crippen molar-refractivity contribution in [2.45, 2.75) is 91.9 Å². The summed E-state index contributed by atoms with van der Waals surface area (Å²) in [5.74, 6) is 2.08. The van der Waals surface area contributed by atoms with Crippen LogP contribution in [0.25, 0.3) is 61.1 Å². The van der Waals surface area contributed by atoms with Crippen molar-refractivity contribution in [2.75, 3.05) is 0 Å². The molecular weight excluding hydrogens is 1010 g/mol. The van der Waals surface area contributed by atoms with Crippen molar-refractivity contribution in [2.24, 2.45) is 0 Å². The molecule has 6 heteroatoms. The molecule has 4 bridgehead atoms. The molecule has 5 nitrogen and oxygen atoms in total. The molecular formula is C62H56N4OPt-2. The van der Waals surface area contributed by atoms with Gasteiger partial charge in [0.15, 0.2) is 0 Å². The number of nitrogens with zero attached hydrogens (tertiary/aromatic N) is 4. The van der Waals surface area contributed by atoms with Gasteiger partial charge in [0.25, 0.3) is 0 Å². The Morgan fingerprint density at radius 1 is 0.588 bits per heavy atom. The number of fused-ring (bicyclic) bond motifs is 3. The van der Waals surface area contributed by atoms with Crippen molar-refractivity contribution >= 4 is 27.3 Å². The van der Waals surface area contributed by atoms with Gasteiger partial charge in [-0.3, -0.25) is 0 Å². The molecule has 10 aromatic rings. The molecule has 6 heterocycles. The predicted molar refractivity (Wildman–Crippen MR) is 275 cm³/mol. The zero-order valence-electron chi connectivity index (χ0n) is 40.2. The summed E-state index contributed by atoms with van der Waals surface area (Å²) in [6.07, 6.45) is 8.29. The number of benzene rings is 6. The van der Waals surface area contributed by atoms with Crippen LogP contribution in [-0.2, 0) is 55.9 Å². The minimum atomic E-state index is -0.155. The standard InChI is InChI=1S/C62H56N4O.Pt/c1-40-41(2)43-18-17-42(40)19-20-46-24-29-49(28-23-43)65-39-64(38-59(46)65)50-15-12-16-51(34-50)67-52-30-31-53-54-33-47(44-13-10-9-11-14-44)25-32-57(54)66(58(53)35-52)60-36-56(62(6,7)8)55(37-63-60)45-21-26-48(27-22-45)61(3,4)5;/h9-18,21-22,24-27,29-33,36-38H,19-20,23,28H2,1-8H3;/q-2;. The molecule has 0 atom stereocenters. The fraction of sp³-hybridized carbons (Fsp3) is 0.226. The van der Waals surface area contributed by atoms with Gasteiger partial charge in [0, 0.05) is 11.8 Å². The third-order valence-electron chi connectivity index (χ3n) is 14.2. The van der Waals surface area contributed by atoms with Crippen LogP contribution < -0.4 is 4.74 Å². The third-order valence-corrected chi connectivity index (χ3v) is 15.3. The number of aryl methyl sites for hydroxylation is 4. The third kappa shape index (κ3) is 7.89. The average molecular weight is 1070 g/mol. The number of hydrogen-bond donors (Lipinski definition) is 0. The number of ether oxygens (including phenoxy) is 1. The summed E-state index contributed by atoms with van der Waals surface area (Å²) >= 11 is 2.49. The molecule has 0 fully saturated rings. The summed E-state index contributed by atoms with van der Waals surface area (Å²) in [7, 11) is 0. The van der Waals surface area contributed by atoms with Crippen molar-refractivity contribution < 1.29 is 24.1 Å². The number of hydrogen-bond acceptors (Lipinski definition) is 2. The maximum atomic E-state index is 6.76. The second-order valence-electron chi connectivity index (χ2n) is 20.6. The zero-order valence-corrected chi connectivity index (χ0v) is 42.5. The molecule has 0 radical (unpaired) electrons. The molecule has 0 saturated carbocycles. The van der Waals surface area contributed by atoms with E-state index in [0.717, 1.165) is 73.9 Å². The minimum absolute atomic E-state index is 0.0754. The van der Waals surface area contributed by atoms with Crippen LogP contribution in [0, 0.1) is 29.8 Å². The van der Waals surface area contributed by atoms with E-state index in [1.54, 1.807) is 0 Å². The van der Waals surface area contributed by atoms with Crippen LogP contribution in [0.4, 0.5) is 0 Å². The van der Waals surface area contributed by atoms with Crippen LogP contribution in [0.1, 0.15) is 86.2 Å². The van der Waals surface area contributed by atoms with E-state index in [0.29, 0.717) is 11.5 Å². The van der Waals surface area contributed by atoms with Gasteiger partial charge in [-0.1, -0.05) is 102 Å². The number of aromatic nitrogens is 4. The van der Waals surface area contributed by atoms with Crippen LogP contribution in [0.2, 0.25) is 0 Å². The molecule has 2 aliphatic carbocycles. The van der Waals surface area contributed by atoms with Crippen molar-refractivity contribution in [3.63, 3.8) is 0 Å². The molecule has 0 unspecified atom stereocenters. The molecule has 2 aliphatic heterocycles. The van der Waals surface area contributed by atoms with E-state index in [-0.39, 0.29) is 10.8 Å². The Labute approximate surface area is 411 Å². The molecule has 342 valence electrons. The van der Waals surface area contributed by atoms with E-state index >= 15 is 0 Å². The summed E-state index contributed by atoms with van der Waals surface area (Å²) in [5, 5.41) is 2.21. The van der Waals surface area contributed by atoms with Gasteiger partial charge in [0.2, 0.25) is 0 Å². The Morgan fingerprint density at radius 3 is 2.01 bits per heavy atom. The first kappa shape index (κ1) is 44.0. The SMILES string of the molecule is Cc1c2ccc(c1C)CCc1ccc(c3cn(-c4[c-]c(Oc5[c-]c6c(cc5)c5cc(-c7ccccc7)ccc5n6-c5cc(C(C)(C)C)c(-c6ccc(C(C)(C)C)cc6)cn5)ccc4)[c](=[Pt])n13)CC2. The van der Waals surface area contributed by atoms with Crippen molar-refractivity contribution in [3.8, 4) is 45.3 Å². The van der Waals surface area contributed by atoms with Gasteiger partial charge in [0.1, 0.15) is 0 Å². The molecule has 0 N–H and O–H groups in total. The summed E-state index contributed by atoms with van der Waals surface area (Å²) in [5.41, 5.74) is 19.7. The quantitative estimate of drug-likeness (QED) is 0.156. The van der Waals surface area contributed by atoms with Crippen LogP contribution in [0.15, 0.2) is 146 Å². The van der Waals surface area contributed by atoms with Gasteiger partial charge < -0.3 is 0 Å². The van der Waals surface area contributed by atoms with Gasteiger partial charge in [-0.05, 0) is 38.6 Å². The molecule has 68 heavy (non-hydrogen) atoms. The monoisotopic (exact) mass is 1070 g/mol. The van der Waals surface area contributed by atoms with Crippen LogP contribution >= 0.6 is 0 Å². The number of imidazole rings is 1. The van der Waals surface area contributed by atoms with E-state index in [2.05, 4.69) is 234 Å².